The zero-order valence-corrected chi connectivity index (χ0v) is 15.3. The van der Waals surface area contributed by atoms with Crippen molar-refractivity contribution in [2.24, 2.45) is 0 Å². The fourth-order valence-corrected chi connectivity index (χ4v) is 3.19. The van der Waals surface area contributed by atoms with Gasteiger partial charge in [0.2, 0.25) is 0 Å². The molecule has 0 fully saturated rings. The summed E-state index contributed by atoms with van der Waals surface area (Å²) in [6, 6.07) is 8.80. The Morgan fingerprint density at radius 2 is 2.07 bits per heavy atom. The van der Waals surface area contributed by atoms with Crippen LogP contribution in [0.25, 0.3) is 10.2 Å². The average Bonchev–Trinajstić information content (AvgIpc) is 3.07. The third-order valence-corrected chi connectivity index (χ3v) is 4.57. The van der Waals surface area contributed by atoms with Gasteiger partial charge in [-0.25, -0.2) is 9.78 Å². The van der Waals surface area contributed by atoms with Crippen molar-refractivity contribution in [3.8, 4) is 5.75 Å². The Morgan fingerprint density at radius 3 is 2.79 bits per heavy atom. The lowest BCUT2D eigenvalue weighted by Gasteiger charge is -2.05. The number of ether oxygens (including phenoxy) is 2. The number of fused-ring (bicyclic) bond motifs is 1. The molecule has 0 radical (unpaired) electrons. The molecule has 0 saturated carbocycles. The van der Waals surface area contributed by atoms with Gasteiger partial charge >= 0.3 is 5.97 Å². The fourth-order valence-electron chi connectivity index (χ4n) is 2.28. The molecule has 2 aromatic carbocycles. The molecular weight excluding hydrogens is 388 g/mol. The van der Waals surface area contributed by atoms with Crippen LogP contribution < -0.4 is 15.8 Å². The molecule has 3 rings (SSSR count). The normalized spacial score (nSPS) is 10.5. The molecule has 0 aliphatic carbocycles. The van der Waals surface area contributed by atoms with E-state index in [0.29, 0.717) is 16.4 Å². The van der Waals surface area contributed by atoms with Crippen molar-refractivity contribution in [1.82, 2.24) is 4.98 Å². The SMILES string of the molecule is COc1ccc2nc(NC(=O)COC(=O)c3ccc(N)c([N+](=O)[O-])c3)sc2c1. The van der Waals surface area contributed by atoms with Gasteiger partial charge in [-0.1, -0.05) is 11.3 Å². The molecule has 1 heterocycles. The number of thiazole rings is 1. The van der Waals surface area contributed by atoms with E-state index in [9.17, 15) is 19.7 Å². The number of amides is 1. The first-order valence-electron chi connectivity index (χ1n) is 7.83. The zero-order chi connectivity index (χ0) is 20.3. The van der Waals surface area contributed by atoms with E-state index < -0.39 is 29.1 Å². The van der Waals surface area contributed by atoms with Gasteiger partial charge in [0.25, 0.3) is 11.6 Å². The number of nitrogens with zero attached hydrogens (tertiary/aromatic N) is 2. The second kappa shape index (κ2) is 7.88. The van der Waals surface area contributed by atoms with Gasteiger partial charge in [-0.3, -0.25) is 20.2 Å². The quantitative estimate of drug-likeness (QED) is 0.277. The number of carbonyl (C=O) groups is 2. The first-order chi connectivity index (χ1) is 13.4. The van der Waals surface area contributed by atoms with Crippen LogP contribution in [0.4, 0.5) is 16.5 Å². The largest absolute Gasteiger partial charge is 0.497 e. The van der Waals surface area contributed by atoms with Gasteiger partial charge in [0.1, 0.15) is 11.4 Å². The van der Waals surface area contributed by atoms with Gasteiger partial charge in [0.15, 0.2) is 11.7 Å². The van der Waals surface area contributed by atoms with Crippen LogP contribution in [0.1, 0.15) is 10.4 Å². The first kappa shape index (κ1) is 19.0. The lowest BCUT2D eigenvalue weighted by Crippen LogP contribution is -2.20. The number of methoxy groups -OCH3 is 1. The minimum Gasteiger partial charge on any atom is -0.497 e. The van der Waals surface area contributed by atoms with E-state index in [2.05, 4.69) is 10.3 Å². The molecule has 3 aromatic rings. The standard InChI is InChI=1S/C17H14N4O6S/c1-26-10-3-5-12-14(7-10)28-17(19-12)20-15(22)8-27-16(23)9-2-4-11(18)13(6-9)21(24)25/h2-7H,8,18H2,1H3,(H,19,20,22). The Hall–Kier alpha value is -3.73. The molecule has 144 valence electrons. The summed E-state index contributed by atoms with van der Waals surface area (Å²) in [5.41, 5.74) is 5.59. The monoisotopic (exact) mass is 402 g/mol. The molecule has 10 nitrogen and oxygen atoms in total. The topological polar surface area (TPSA) is 147 Å². The van der Waals surface area contributed by atoms with Crippen molar-refractivity contribution in [2.45, 2.75) is 0 Å². The van der Waals surface area contributed by atoms with E-state index in [1.165, 1.54) is 23.5 Å². The molecule has 0 aliphatic heterocycles. The van der Waals surface area contributed by atoms with E-state index in [-0.39, 0.29) is 11.3 Å². The number of aromatic nitrogens is 1. The summed E-state index contributed by atoms with van der Waals surface area (Å²) in [7, 11) is 1.55. The predicted octanol–water partition coefficient (Wildman–Crippen LogP) is 2.59. The van der Waals surface area contributed by atoms with E-state index in [4.69, 9.17) is 15.2 Å². The van der Waals surface area contributed by atoms with Crippen molar-refractivity contribution in [1.29, 1.82) is 0 Å². The van der Waals surface area contributed by atoms with E-state index >= 15 is 0 Å². The van der Waals surface area contributed by atoms with Crippen LogP contribution >= 0.6 is 11.3 Å². The smallest absolute Gasteiger partial charge is 0.338 e. The molecule has 11 heteroatoms. The molecule has 0 bridgehead atoms. The highest BCUT2D eigenvalue weighted by atomic mass is 32.1. The minimum atomic E-state index is -0.882. The molecule has 28 heavy (non-hydrogen) atoms. The van der Waals surface area contributed by atoms with Gasteiger partial charge in [-0.2, -0.15) is 0 Å². The number of rotatable bonds is 6. The molecule has 1 amide bonds. The minimum absolute atomic E-state index is 0.0771. The fraction of sp³-hybridized carbons (Fsp3) is 0.118. The number of nitro groups is 1. The number of hydrogen-bond acceptors (Lipinski definition) is 9. The summed E-state index contributed by atoms with van der Waals surface area (Å²) < 4.78 is 10.8. The number of anilines is 2. The van der Waals surface area contributed by atoms with Crippen molar-refractivity contribution in [3.05, 3.63) is 52.1 Å². The maximum atomic E-state index is 12.0. The van der Waals surface area contributed by atoms with Crippen LogP contribution in [-0.4, -0.2) is 35.5 Å². The van der Waals surface area contributed by atoms with Crippen molar-refractivity contribution >= 4 is 49.9 Å². The number of nitrogens with one attached hydrogen (secondary N) is 1. The number of nitrogen functional groups attached to an aromatic ring is 1. The highest BCUT2D eigenvalue weighted by Crippen LogP contribution is 2.29. The van der Waals surface area contributed by atoms with Crippen molar-refractivity contribution in [3.63, 3.8) is 0 Å². The first-order valence-corrected chi connectivity index (χ1v) is 8.64. The van der Waals surface area contributed by atoms with Gasteiger partial charge in [0.05, 0.1) is 27.8 Å². The van der Waals surface area contributed by atoms with Gasteiger partial charge in [0, 0.05) is 6.07 Å². The number of nitro benzene ring substituents is 1. The van der Waals surface area contributed by atoms with Gasteiger partial charge in [-0.15, -0.1) is 0 Å². The maximum Gasteiger partial charge on any atom is 0.338 e. The Balaban J connectivity index is 1.62. The van der Waals surface area contributed by atoms with Crippen LogP contribution in [0.2, 0.25) is 0 Å². The second-order valence-corrected chi connectivity index (χ2v) is 6.54. The molecule has 0 spiro atoms. The Kier molecular flexibility index (Phi) is 5.36. The summed E-state index contributed by atoms with van der Waals surface area (Å²) >= 11 is 1.24. The summed E-state index contributed by atoms with van der Waals surface area (Å²) in [6.07, 6.45) is 0. The summed E-state index contributed by atoms with van der Waals surface area (Å²) in [5, 5.41) is 13.8. The number of esters is 1. The number of benzene rings is 2. The van der Waals surface area contributed by atoms with Crippen molar-refractivity contribution in [2.75, 3.05) is 24.8 Å². The third kappa shape index (κ3) is 4.15. The van der Waals surface area contributed by atoms with Crippen LogP contribution in [-0.2, 0) is 9.53 Å². The zero-order valence-electron chi connectivity index (χ0n) is 14.5. The highest BCUT2D eigenvalue weighted by molar-refractivity contribution is 7.22. The molecule has 3 N–H and O–H groups in total. The lowest BCUT2D eigenvalue weighted by atomic mass is 10.2. The number of hydrogen-bond donors (Lipinski definition) is 2. The molecule has 0 aliphatic rings. The Labute approximate surface area is 162 Å². The molecular formula is C17H14N4O6S. The summed E-state index contributed by atoms with van der Waals surface area (Å²) in [5.74, 6) is -0.808. The highest BCUT2D eigenvalue weighted by Gasteiger charge is 2.18. The van der Waals surface area contributed by atoms with E-state index in [0.717, 1.165) is 10.8 Å². The second-order valence-electron chi connectivity index (χ2n) is 5.51. The average molecular weight is 402 g/mol. The van der Waals surface area contributed by atoms with Crippen LogP contribution in [0.5, 0.6) is 5.75 Å². The van der Waals surface area contributed by atoms with Crippen LogP contribution in [0, 0.1) is 10.1 Å². The van der Waals surface area contributed by atoms with Gasteiger partial charge < -0.3 is 15.2 Å². The lowest BCUT2D eigenvalue weighted by molar-refractivity contribution is -0.383. The van der Waals surface area contributed by atoms with Crippen molar-refractivity contribution < 1.29 is 24.0 Å². The number of nitrogens with two attached hydrogens (primary N) is 1. The van der Waals surface area contributed by atoms with Crippen LogP contribution in [0.3, 0.4) is 0 Å². The molecule has 0 unspecified atom stereocenters. The van der Waals surface area contributed by atoms with Gasteiger partial charge in [-0.05, 0) is 30.3 Å². The molecule has 0 saturated heterocycles. The summed E-state index contributed by atoms with van der Waals surface area (Å²) in [6.45, 7) is -0.573. The van der Waals surface area contributed by atoms with Crippen LogP contribution in [0.15, 0.2) is 36.4 Å². The summed E-state index contributed by atoms with van der Waals surface area (Å²) in [4.78, 5) is 38.4. The molecule has 0 atom stereocenters. The third-order valence-electron chi connectivity index (χ3n) is 3.64. The Bertz CT molecular complexity index is 1080. The van der Waals surface area contributed by atoms with E-state index in [1.54, 1.807) is 25.3 Å². The predicted molar refractivity (Wildman–Crippen MR) is 103 cm³/mol. The number of carbonyl (C=O) groups excluding carboxylic acids is 2. The van der Waals surface area contributed by atoms with E-state index in [1.807, 2.05) is 0 Å². The maximum absolute atomic E-state index is 12.0. The Morgan fingerprint density at radius 1 is 1.29 bits per heavy atom. The molecule has 1 aromatic heterocycles.